The van der Waals surface area contributed by atoms with Gasteiger partial charge in [-0.05, 0) is 43.2 Å². The van der Waals surface area contributed by atoms with Gasteiger partial charge in [0.1, 0.15) is 11.3 Å². The fourth-order valence-electron chi connectivity index (χ4n) is 2.65. The molecule has 29 heavy (non-hydrogen) atoms. The van der Waals surface area contributed by atoms with Crippen LogP contribution in [0.25, 0.3) is 11.0 Å². The largest absolute Gasteiger partial charge is 0.493 e. The van der Waals surface area contributed by atoms with Gasteiger partial charge in [0.05, 0.1) is 17.8 Å². The fraction of sp³-hybridized carbons (Fsp3) is 0.190. The molecule has 0 radical (unpaired) electrons. The summed E-state index contributed by atoms with van der Waals surface area (Å²) < 4.78 is 10.8. The van der Waals surface area contributed by atoms with Crippen molar-refractivity contribution in [1.82, 2.24) is 5.43 Å². The minimum atomic E-state index is -0.399. The molecule has 0 aliphatic heterocycles. The Kier molecular flexibility index (Phi) is 6.90. The van der Waals surface area contributed by atoms with Crippen molar-refractivity contribution in [3.05, 3.63) is 74.1 Å². The molecule has 0 spiro atoms. The zero-order chi connectivity index (χ0) is 20.8. The number of amides is 1. The first-order valence-corrected chi connectivity index (χ1v) is 9.62. The minimum Gasteiger partial charge on any atom is -0.493 e. The highest BCUT2D eigenvalue weighted by Gasteiger charge is 2.05. The topological polar surface area (TPSA) is 80.9 Å². The van der Waals surface area contributed by atoms with Crippen LogP contribution >= 0.6 is 23.2 Å². The molecular formula is C21H18Cl2N2O4. The van der Waals surface area contributed by atoms with Gasteiger partial charge in [0, 0.05) is 34.5 Å². The number of hydrogen-bond donors (Lipinski definition) is 1. The van der Waals surface area contributed by atoms with Crippen molar-refractivity contribution in [1.29, 1.82) is 0 Å². The SMILES string of the molecule is Cc1cc(=O)oc2cc(OCCCC(=O)NN=Cc3ccc(Cl)cc3Cl)ccc12. The Morgan fingerprint density at radius 2 is 2.03 bits per heavy atom. The molecule has 3 rings (SSSR count). The number of benzene rings is 2. The fourth-order valence-corrected chi connectivity index (χ4v) is 3.11. The third kappa shape index (κ3) is 5.82. The normalized spacial score (nSPS) is 11.1. The van der Waals surface area contributed by atoms with E-state index in [1.807, 2.05) is 13.0 Å². The number of ether oxygens (including phenoxy) is 1. The lowest BCUT2D eigenvalue weighted by Gasteiger charge is -2.07. The lowest BCUT2D eigenvalue weighted by molar-refractivity contribution is -0.121. The quantitative estimate of drug-likeness (QED) is 0.253. The number of nitrogens with zero attached hydrogens (tertiary/aromatic N) is 1. The van der Waals surface area contributed by atoms with Crippen molar-refractivity contribution in [2.75, 3.05) is 6.61 Å². The number of aryl methyl sites for hydroxylation is 1. The van der Waals surface area contributed by atoms with E-state index < -0.39 is 5.63 Å². The van der Waals surface area contributed by atoms with Gasteiger partial charge in [0.2, 0.25) is 5.91 Å². The third-order valence-corrected chi connectivity index (χ3v) is 4.66. The first-order valence-electron chi connectivity index (χ1n) is 8.86. The molecule has 1 N–H and O–H groups in total. The summed E-state index contributed by atoms with van der Waals surface area (Å²) in [6.07, 6.45) is 2.20. The predicted octanol–water partition coefficient (Wildman–Crippen LogP) is 4.72. The molecule has 0 fully saturated rings. The molecule has 0 aliphatic rings. The van der Waals surface area contributed by atoms with Crippen molar-refractivity contribution < 1.29 is 13.9 Å². The minimum absolute atomic E-state index is 0.241. The van der Waals surface area contributed by atoms with Crippen LogP contribution in [0.3, 0.4) is 0 Å². The van der Waals surface area contributed by atoms with E-state index >= 15 is 0 Å². The standard InChI is InChI=1S/C21H18Cl2N2O4/c1-13-9-21(27)29-19-11-16(6-7-17(13)19)28-8-2-3-20(26)25-24-12-14-4-5-15(22)10-18(14)23/h4-7,9-12H,2-3,8H2,1H3,(H,25,26). The molecule has 150 valence electrons. The van der Waals surface area contributed by atoms with Crippen molar-refractivity contribution in [3.8, 4) is 5.75 Å². The van der Waals surface area contributed by atoms with E-state index in [1.54, 1.807) is 30.3 Å². The van der Waals surface area contributed by atoms with Crippen LogP contribution in [0, 0.1) is 6.92 Å². The first-order chi connectivity index (χ1) is 13.9. The van der Waals surface area contributed by atoms with Crippen molar-refractivity contribution in [2.24, 2.45) is 5.10 Å². The second-order valence-electron chi connectivity index (χ2n) is 6.32. The number of fused-ring (bicyclic) bond motifs is 1. The van der Waals surface area contributed by atoms with Crippen LogP contribution in [0.5, 0.6) is 5.75 Å². The molecule has 1 amide bonds. The predicted molar refractivity (Wildman–Crippen MR) is 114 cm³/mol. The Bertz CT molecular complexity index is 1130. The van der Waals surface area contributed by atoms with Gasteiger partial charge in [-0.1, -0.05) is 29.3 Å². The van der Waals surface area contributed by atoms with Crippen LogP contribution < -0.4 is 15.8 Å². The van der Waals surface area contributed by atoms with Gasteiger partial charge in [0.15, 0.2) is 0 Å². The van der Waals surface area contributed by atoms with Crippen LogP contribution in [0.2, 0.25) is 10.0 Å². The van der Waals surface area contributed by atoms with Gasteiger partial charge in [-0.3, -0.25) is 4.79 Å². The molecular weight excluding hydrogens is 415 g/mol. The molecule has 0 saturated carbocycles. The molecule has 8 heteroatoms. The summed E-state index contributed by atoms with van der Waals surface area (Å²) in [5.74, 6) is 0.331. The summed E-state index contributed by atoms with van der Waals surface area (Å²) in [6.45, 7) is 2.18. The van der Waals surface area contributed by atoms with Crippen LogP contribution in [0.15, 0.2) is 56.8 Å². The Morgan fingerprint density at radius 3 is 2.83 bits per heavy atom. The molecule has 0 saturated heterocycles. The van der Waals surface area contributed by atoms with Gasteiger partial charge < -0.3 is 9.15 Å². The average molecular weight is 433 g/mol. The summed E-state index contributed by atoms with van der Waals surface area (Å²) >= 11 is 11.9. The number of hydrogen-bond acceptors (Lipinski definition) is 5. The first kappa shape index (κ1) is 20.9. The zero-order valence-electron chi connectivity index (χ0n) is 15.6. The Balaban J connectivity index is 1.45. The third-order valence-electron chi connectivity index (χ3n) is 4.10. The Labute approximate surface area is 177 Å². The number of nitrogens with one attached hydrogen (secondary N) is 1. The number of carbonyl (C=O) groups is 1. The molecule has 0 unspecified atom stereocenters. The van der Waals surface area contributed by atoms with E-state index in [-0.39, 0.29) is 12.3 Å². The van der Waals surface area contributed by atoms with Gasteiger partial charge in [-0.2, -0.15) is 5.10 Å². The molecule has 1 heterocycles. The molecule has 3 aromatic rings. The average Bonchev–Trinajstić information content (AvgIpc) is 2.66. The maximum absolute atomic E-state index is 11.8. The van der Waals surface area contributed by atoms with Crippen LogP contribution in [-0.2, 0) is 4.79 Å². The smallest absolute Gasteiger partial charge is 0.336 e. The van der Waals surface area contributed by atoms with Crippen LogP contribution in [-0.4, -0.2) is 18.7 Å². The number of hydrazone groups is 1. The molecule has 0 bridgehead atoms. The van der Waals surface area contributed by atoms with Crippen LogP contribution in [0.4, 0.5) is 0 Å². The molecule has 0 atom stereocenters. The summed E-state index contributed by atoms with van der Waals surface area (Å²) in [5, 5.41) is 5.72. The second-order valence-corrected chi connectivity index (χ2v) is 7.16. The highest BCUT2D eigenvalue weighted by atomic mass is 35.5. The number of halogens is 2. The maximum Gasteiger partial charge on any atom is 0.336 e. The van der Waals surface area contributed by atoms with Gasteiger partial charge >= 0.3 is 5.63 Å². The highest BCUT2D eigenvalue weighted by Crippen LogP contribution is 2.22. The van der Waals surface area contributed by atoms with Crippen molar-refractivity contribution in [2.45, 2.75) is 19.8 Å². The highest BCUT2D eigenvalue weighted by molar-refractivity contribution is 6.36. The number of carbonyl (C=O) groups excluding carboxylic acids is 1. The van der Waals surface area contributed by atoms with E-state index in [1.165, 1.54) is 12.3 Å². The van der Waals surface area contributed by atoms with Crippen LogP contribution in [0.1, 0.15) is 24.0 Å². The van der Waals surface area contributed by atoms with E-state index in [2.05, 4.69) is 10.5 Å². The van der Waals surface area contributed by atoms with Gasteiger partial charge in [-0.25, -0.2) is 10.2 Å². The summed E-state index contributed by atoms with van der Waals surface area (Å²) in [6, 6.07) is 11.8. The molecule has 2 aromatic carbocycles. The molecule has 1 aromatic heterocycles. The second kappa shape index (κ2) is 9.58. The van der Waals surface area contributed by atoms with E-state index in [0.717, 1.165) is 10.9 Å². The van der Waals surface area contributed by atoms with Gasteiger partial charge in [0.25, 0.3) is 0 Å². The summed E-state index contributed by atoms with van der Waals surface area (Å²) in [5.41, 5.74) is 4.01. The van der Waals surface area contributed by atoms with Crippen molar-refractivity contribution in [3.63, 3.8) is 0 Å². The lowest BCUT2D eigenvalue weighted by Crippen LogP contribution is -2.18. The molecule has 6 nitrogen and oxygen atoms in total. The van der Waals surface area contributed by atoms with E-state index in [4.69, 9.17) is 32.4 Å². The van der Waals surface area contributed by atoms with E-state index in [9.17, 15) is 9.59 Å². The summed E-state index contributed by atoms with van der Waals surface area (Å²) in [4.78, 5) is 23.3. The Morgan fingerprint density at radius 1 is 1.21 bits per heavy atom. The Hall–Kier alpha value is -2.83. The van der Waals surface area contributed by atoms with Crippen molar-refractivity contribution >= 4 is 46.3 Å². The monoisotopic (exact) mass is 432 g/mol. The maximum atomic E-state index is 11.8. The van der Waals surface area contributed by atoms with Gasteiger partial charge in [-0.15, -0.1) is 0 Å². The van der Waals surface area contributed by atoms with E-state index in [0.29, 0.717) is 40.0 Å². The summed E-state index contributed by atoms with van der Waals surface area (Å²) in [7, 11) is 0. The zero-order valence-corrected chi connectivity index (χ0v) is 17.1. The number of rotatable bonds is 7. The molecule has 0 aliphatic carbocycles. The lowest BCUT2D eigenvalue weighted by atomic mass is 10.1.